The number of halogens is 1. The number of hydrogen-bond acceptors (Lipinski definition) is 7. The second-order valence-electron chi connectivity index (χ2n) is 8.60. The smallest absolute Gasteiger partial charge is 0.251 e. The zero-order chi connectivity index (χ0) is 23.8. The van der Waals surface area contributed by atoms with E-state index in [2.05, 4.69) is 20.2 Å². The number of carbonyl (C=O) groups is 1. The van der Waals surface area contributed by atoms with Crippen LogP contribution in [-0.4, -0.2) is 65.0 Å². The van der Waals surface area contributed by atoms with Crippen molar-refractivity contribution in [3.05, 3.63) is 46.2 Å². The van der Waals surface area contributed by atoms with Crippen molar-refractivity contribution in [2.75, 3.05) is 37.7 Å². The highest BCUT2D eigenvalue weighted by Gasteiger charge is 2.21. The normalized spacial score (nSPS) is 15.4. The summed E-state index contributed by atoms with van der Waals surface area (Å²) in [6.45, 7) is 5.90. The fourth-order valence-electron chi connectivity index (χ4n) is 4.18. The first-order chi connectivity index (χ1) is 15.9. The number of aromatic nitrogens is 2. The van der Waals surface area contributed by atoms with Crippen LogP contribution in [0.3, 0.4) is 0 Å². The van der Waals surface area contributed by atoms with Gasteiger partial charge < -0.3 is 25.2 Å². The Morgan fingerprint density at radius 2 is 1.88 bits per heavy atom. The van der Waals surface area contributed by atoms with Gasteiger partial charge in [-0.25, -0.2) is 9.97 Å². The van der Waals surface area contributed by atoms with E-state index in [9.17, 15) is 9.90 Å². The zero-order valence-corrected chi connectivity index (χ0v) is 20.0. The standard InChI is InChI=1S/C24H33ClN4O4/c1-16-10-21(11-17(2)22(16)23(32)26-14-20(31)15-30)33-9-3-4-18-5-7-29(8-6-18)24-27-12-19(25)13-28-24/h10-13,18,20,30-31H,3-9,14-15H2,1-2H3,(H,26,32)/t20-/m0/s1. The largest absolute Gasteiger partial charge is 0.494 e. The van der Waals surface area contributed by atoms with Gasteiger partial charge in [-0.3, -0.25) is 4.79 Å². The number of anilines is 1. The van der Waals surface area contributed by atoms with Gasteiger partial charge in [0.1, 0.15) is 5.75 Å². The Kier molecular flexibility index (Phi) is 9.29. The van der Waals surface area contributed by atoms with Crippen LogP contribution < -0.4 is 15.0 Å². The van der Waals surface area contributed by atoms with Crippen molar-refractivity contribution in [1.82, 2.24) is 15.3 Å². The van der Waals surface area contributed by atoms with Crippen molar-refractivity contribution >= 4 is 23.5 Å². The fourth-order valence-corrected chi connectivity index (χ4v) is 4.28. The van der Waals surface area contributed by atoms with Gasteiger partial charge in [-0.2, -0.15) is 0 Å². The highest BCUT2D eigenvalue weighted by Crippen LogP contribution is 2.26. The maximum Gasteiger partial charge on any atom is 0.251 e. The molecule has 9 heteroatoms. The lowest BCUT2D eigenvalue weighted by Crippen LogP contribution is -2.34. The van der Waals surface area contributed by atoms with Crippen LogP contribution in [0.4, 0.5) is 5.95 Å². The van der Waals surface area contributed by atoms with Crippen molar-refractivity contribution in [2.45, 2.75) is 45.6 Å². The first kappa shape index (κ1) is 25.2. The number of benzene rings is 1. The molecule has 2 aromatic rings. The molecule has 0 aliphatic carbocycles. The van der Waals surface area contributed by atoms with Crippen LogP contribution in [0.5, 0.6) is 5.75 Å². The highest BCUT2D eigenvalue weighted by molar-refractivity contribution is 6.30. The van der Waals surface area contributed by atoms with Crippen molar-refractivity contribution < 1.29 is 19.7 Å². The maximum atomic E-state index is 12.4. The second-order valence-corrected chi connectivity index (χ2v) is 9.04. The van der Waals surface area contributed by atoms with Crippen molar-refractivity contribution in [3.8, 4) is 5.75 Å². The van der Waals surface area contributed by atoms with E-state index in [0.717, 1.165) is 61.6 Å². The number of hydrogen-bond donors (Lipinski definition) is 3. The van der Waals surface area contributed by atoms with Crippen LogP contribution >= 0.6 is 11.6 Å². The molecule has 33 heavy (non-hydrogen) atoms. The predicted molar refractivity (Wildman–Crippen MR) is 128 cm³/mol. The molecule has 3 rings (SSSR count). The Morgan fingerprint density at radius 3 is 2.48 bits per heavy atom. The molecule has 1 fully saturated rings. The van der Waals surface area contributed by atoms with Crippen LogP contribution in [0.1, 0.15) is 47.2 Å². The minimum absolute atomic E-state index is 0.0120. The van der Waals surface area contributed by atoms with E-state index in [1.807, 2.05) is 26.0 Å². The average molecular weight is 477 g/mol. The van der Waals surface area contributed by atoms with Gasteiger partial charge in [0.05, 0.1) is 36.7 Å². The molecule has 1 saturated heterocycles. The van der Waals surface area contributed by atoms with E-state index < -0.39 is 6.10 Å². The summed E-state index contributed by atoms with van der Waals surface area (Å²) in [7, 11) is 0. The Balaban J connectivity index is 1.41. The minimum atomic E-state index is -0.963. The molecule has 3 N–H and O–H groups in total. The Bertz CT molecular complexity index is 894. The predicted octanol–water partition coefficient (Wildman–Crippen LogP) is 2.91. The number of piperidine rings is 1. The second kappa shape index (κ2) is 12.2. The third-order valence-corrected chi connectivity index (χ3v) is 6.17. The Morgan fingerprint density at radius 1 is 1.24 bits per heavy atom. The SMILES string of the molecule is Cc1cc(OCCCC2CCN(c3ncc(Cl)cn3)CC2)cc(C)c1C(=O)NC[C@H](O)CO. The molecule has 1 aliphatic heterocycles. The molecule has 0 bridgehead atoms. The zero-order valence-electron chi connectivity index (χ0n) is 19.3. The van der Waals surface area contributed by atoms with Crippen LogP contribution in [0.2, 0.25) is 5.02 Å². The highest BCUT2D eigenvalue weighted by atomic mass is 35.5. The van der Waals surface area contributed by atoms with Crippen molar-refractivity contribution in [3.63, 3.8) is 0 Å². The molecule has 180 valence electrons. The summed E-state index contributed by atoms with van der Waals surface area (Å²) >= 11 is 5.87. The number of amides is 1. The monoisotopic (exact) mass is 476 g/mol. The van der Waals surface area contributed by atoms with Gasteiger partial charge in [-0.05, 0) is 68.7 Å². The van der Waals surface area contributed by atoms with Crippen LogP contribution in [0.15, 0.2) is 24.5 Å². The number of aliphatic hydroxyl groups excluding tert-OH is 2. The van der Waals surface area contributed by atoms with Crippen LogP contribution in [-0.2, 0) is 0 Å². The third kappa shape index (κ3) is 7.28. The lowest BCUT2D eigenvalue weighted by Gasteiger charge is -2.32. The first-order valence-corrected chi connectivity index (χ1v) is 11.8. The summed E-state index contributed by atoms with van der Waals surface area (Å²) in [6.07, 6.45) is 6.62. The van der Waals surface area contributed by atoms with E-state index in [0.29, 0.717) is 23.1 Å². The van der Waals surface area contributed by atoms with Gasteiger partial charge in [0.2, 0.25) is 5.95 Å². The van der Waals surface area contributed by atoms with E-state index >= 15 is 0 Å². The van der Waals surface area contributed by atoms with E-state index in [1.165, 1.54) is 0 Å². The lowest BCUT2D eigenvalue weighted by atomic mass is 9.92. The summed E-state index contributed by atoms with van der Waals surface area (Å²) in [5, 5.41) is 21.5. The minimum Gasteiger partial charge on any atom is -0.494 e. The number of nitrogens with one attached hydrogen (secondary N) is 1. The van der Waals surface area contributed by atoms with E-state index in [4.69, 9.17) is 21.4 Å². The van der Waals surface area contributed by atoms with Gasteiger partial charge >= 0.3 is 0 Å². The number of aliphatic hydroxyl groups is 2. The van der Waals surface area contributed by atoms with Gasteiger partial charge in [0, 0.05) is 25.2 Å². The van der Waals surface area contributed by atoms with Crippen LogP contribution in [0, 0.1) is 19.8 Å². The molecule has 1 aromatic carbocycles. The number of nitrogens with zero attached hydrogens (tertiary/aromatic N) is 3. The average Bonchev–Trinajstić information content (AvgIpc) is 2.81. The Hall–Kier alpha value is -2.42. The van der Waals surface area contributed by atoms with Crippen molar-refractivity contribution in [2.24, 2.45) is 5.92 Å². The van der Waals surface area contributed by atoms with Gasteiger partial charge in [-0.1, -0.05) is 11.6 Å². The molecular weight excluding hydrogens is 444 g/mol. The lowest BCUT2D eigenvalue weighted by molar-refractivity contribution is 0.0801. The van der Waals surface area contributed by atoms with Crippen molar-refractivity contribution in [1.29, 1.82) is 0 Å². The molecular formula is C24H33ClN4O4. The van der Waals surface area contributed by atoms with Gasteiger partial charge in [-0.15, -0.1) is 0 Å². The molecule has 1 aliphatic rings. The number of carbonyl (C=O) groups excluding carboxylic acids is 1. The summed E-state index contributed by atoms with van der Waals surface area (Å²) in [4.78, 5) is 23.2. The van der Waals surface area contributed by atoms with E-state index in [-0.39, 0.29) is 19.1 Å². The number of aryl methyl sites for hydroxylation is 2. The van der Waals surface area contributed by atoms with Gasteiger partial charge in [0.15, 0.2) is 0 Å². The molecule has 1 amide bonds. The Labute approximate surface area is 200 Å². The molecule has 0 radical (unpaired) electrons. The molecule has 2 heterocycles. The molecule has 0 saturated carbocycles. The molecule has 0 unspecified atom stereocenters. The summed E-state index contributed by atoms with van der Waals surface area (Å²) in [6, 6.07) is 3.74. The number of ether oxygens (including phenoxy) is 1. The molecule has 8 nitrogen and oxygen atoms in total. The van der Waals surface area contributed by atoms with Crippen LogP contribution in [0.25, 0.3) is 0 Å². The quantitative estimate of drug-likeness (QED) is 0.452. The topological polar surface area (TPSA) is 108 Å². The number of rotatable bonds is 10. The van der Waals surface area contributed by atoms with Gasteiger partial charge in [0.25, 0.3) is 5.91 Å². The summed E-state index contributed by atoms with van der Waals surface area (Å²) in [5.74, 6) is 1.90. The fraction of sp³-hybridized carbons (Fsp3) is 0.542. The van der Waals surface area contributed by atoms with E-state index in [1.54, 1.807) is 12.4 Å². The first-order valence-electron chi connectivity index (χ1n) is 11.4. The molecule has 0 spiro atoms. The summed E-state index contributed by atoms with van der Waals surface area (Å²) in [5.41, 5.74) is 2.21. The molecule has 1 aromatic heterocycles. The third-order valence-electron chi connectivity index (χ3n) is 5.97. The molecule has 1 atom stereocenters. The summed E-state index contributed by atoms with van der Waals surface area (Å²) < 4.78 is 5.96. The maximum absolute atomic E-state index is 12.4.